The average molecular weight is 265 g/mol. The van der Waals surface area contributed by atoms with Crippen molar-refractivity contribution in [3.8, 4) is 0 Å². The molecule has 2 N–H and O–H groups in total. The van der Waals surface area contributed by atoms with E-state index >= 15 is 0 Å². The van der Waals surface area contributed by atoms with Gasteiger partial charge in [-0.3, -0.25) is 4.79 Å². The fraction of sp³-hybridized carbons (Fsp3) is 0.429. The molecule has 1 aromatic rings. The Labute approximate surface area is 112 Å². The van der Waals surface area contributed by atoms with Crippen molar-refractivity contribution in [2.75, 3.05) is 11.9 Å². The number of aryl methyl sites for hydroxylation is 3. The van der Waals surface area contributed by atoms with Gasteiger partial charge in [0.15, 0.2) is 0 Å². The van der Waals surface area contributed by atoms with Gasteiger partial charge in [-0.05, 0) is 31.9 Å². The highest BCUT2D eigenvalue weighted by molar-refractivity contribution is 5.84. The summed E-state index contributed by atoms with van der Waals surface area (Å²) in [6.45, 7) is 5.76. The Morgan fingerprint density at radius 1 is 1.16 bits per heavy atom. The summed E-state index contributed by atoms with van der Waals surface area (Å²) in [5.74, 6) is -2.26. The molecule has 0 saturated heterocycles. The van der Waals surface area contributed by atoms with Gasteiger partial charge in [-0.15, -0.1) is 0 Å². The summed E-state index contributed by atoms with van der Waals surface area (Å²) in [5.41, 5.74) is 3.75. The standard InChI is InChI=1S/C14H19NO4/c1-8-5-9(2)13(10(3)6-8)15(4)11(14(18)19)7-12(16)17/h5-6,11H,7H2,1-4H3,(H,16,17)(H,18,19). The van der Waals surface area contributed by atoms with E-state index in [2.05, 4.69) is 0 Å². The molecule has 5 nitrogen and oxygen atoms in total. The minimum absolute atomic E-state index is 0.432. The smallest absolute Gasteiger partial charge is 0.326 e. The third-order valence-corrected chi connectivity index (χ3v) is 3.11. The zero-order valence-electron chi connectivity index (χ0n) is 11.6. The van der Waals surface area contributed by atoms with Crippen LogP contribution in [0, 0.1) is 20.8 Å². The number of likely N-dealkylation sites (N-methyl/N-ethyl adjacent to an activating group) is 1. The molecule has 0 aliphatic rings. The lowest BCUT2D eigenvalue weighted by atomic mass is 10.0. The molecule has 0 spiro atoms. The predicted molar refractivity (Wildman–Crippen MR) is 72.7 cm³/mol. The zero-order chi connectivity index (χ0) is 14.7. The van der Waals surface area contributed by atoms with E-state index in [9.17, 15) is 14.7 Å². The number of carbonyl (C=O) groups is 2. The summed E-state index contributed by atoms with van der Waals surface area (Å²) >= 11 is 0. The van der Waals surface area contributed by atoms with E-state index in [0.717, 1.165) is 22.4 Å². The summed E-state index contributed by atoms with van der Waals surface area (Å²) in [5, 5.41) is 18.0. The molecule has 0 fully saturated rings. The second kappa shape index (κ2) is 5.73. The number of anilines is 1. The van der Waals surface area contributed by atoms with Crippen LogP contribution in [0.2, 0.25) is 0 Å². The van der Waals surface area contributed by atoms with Crippen LogP contribution < -0.4 is 4.90 Å². The highest BCUT2D eigenvalue weighted by Crippen LogP contribution is 2.27. The van der Waals surface area contributed by atoms with E-state index < -0.39 is 24.4 Å². The number of benzene rings is 1. The summed E-state index contributed by atoms with van der Waals surface area (Å²) in [6, 6.07) is 2.84. The van der Waals surface area contributed by atoms with Gasteiger partial charge >= 0.3 is 11.9 Å². The van der Waals surface area contributed by atoms with Gasteiger partial charge in [0.25, 0.3) is 0 Å². The molecule has 0 bridgehead atoms. The Morgan fingerprint density at radius 3 is 2.00 bits per heavy atom. The first-order valence-electron chi connectivity index (χ1n) is 5.99. The second-order valence-electron chi connectivity index (χ2n) is 4.81. The predicted octanol–water partition coefficient (Wildman–Crippen LogP) is 1.98. The van der Waals surface area contributed by atoms with E-state index in [0.29, 0.717) is 0 Å². The first kappa shape index (κ1) is 15.0. The molecule has 1 atom stereocenters. The molecule has 5 heteroatoms. The van der Waals surface area contributed by atoms with Gasteiger partial charge in [0, 0.05) is 12.7 Å². The molecule has 0 amide bonds. The lowest BCUT2D eigenvalue weighted by Crippen LogP contribution is -2.41. The summed E-state index contributed by atoms with van der Waals surface area (Å²) in [4.78, 5) is 23.5. The molecule has 0 radical (unpaired) electrons. The van der Waals surface area contributed by atoms with Crippen LogP contribution in [0.3, 0.4) is 0 Å². The van der Waals surface area contributed by atoms with E-state index in [1.54, 1.807) is 7.05 Å². The average Bonchev–Trinajstić information content (AvgIpc) is 2.23. The second-order valence-corrected chi connectivity index (χ2v) is 4.81. The van der Waals surface area contributed by atoms with Crippen LogP contribution >= 0.6 is 0 Å². The molecule has 1 unspecified atom stereocenters. The highest BCUT2D eigenvalue weighted by Gasteiger charge is 2.27. The number of aliphatic carboxylic acids is 2. The summed E-state index contributed by atoms with van der Waals surface area (Å²) in [7, 11) is 1.62. The van der Waals surface area contributed by atoms with Crippen LogP contribution in [-0.4, -0.2) is 35.2 Å². The minimum atomic E-state index is -1.13. The lowest BCUT2D eigenvalue weighted by molar-refractivity contribution is -0.145. The summed E-state index contributed by atoms with van der Waals surface area (Å²) in [6.07, 6.45) is -0.432. The van der Waals surface area contributed by atoms with Crippen molar-refractivity contribution in [1.29, 1.82) is 0 Å². The number of carboxylic acids is 2. The Hall–Kier alpha value is -2.04. The Balaban J connectivity index is 3.20. The van der Waals surface area contributed by atoms with Gasteiger partial charge in [0.1, 0.15) is 6.04 Å². The molecule has 19 heavy (non-hydrogen) atoms. The molecular weight excluding hydrogens is 246 g/mol. The maximum Gasteiger partial charge on any atom is 0.326 e. The molecule has 0 aliphatic carbocycles. The fourth-order valence-electron chi connectivity index (χ4n) is 2.44. The molecule has 1 aromatic carbocycles. The number of hydrogen-bond acceptors (Lipinski definition) is 3. The lowest BCUT2D eigenvalue weighted by Gasteiger charge is -2.29. The maximum absolute atomic E-state index is 11.2. The Bertz CT molecular complexity index is 487. The van der Waals surface area contributed by atoms with Crippen molar-refractivity contribution in [2.24, 2.45) is 0 Å². The Morgan fingerprint density at radius 2 is 1.63 bits per heavy atom. The van der Waals surface area contributed by atoms with E-state index in [4.69, 9.17) is 5.11 Å². The highest BCUT2D eigenvalue weighted by atomic mass is 16.4. The van der Waals surface area contributed by atoms with Crippen molar-refractivity contribution in [2.45, 2.75) is 33.2 Å². The monoisotopic (exact) mass is 265 g/mol. The third kappa shape index (κ3) is 3.47. The molecule has 1 rings (SSSR count). The van der Waals surface area contributed by atoms with Gasteiger partial charge in [-0.25, -0.2) is 4.79 Å². The van der Waals surface area contributed by atoms with E-state index in [-0.39, 0.29) is 0 Å². The molecule has 0 heterocycles. The van der Waals surface area contributed by atoms with Crippen molar-refractivity contribution in [3.05, 3.63) is 28.8 Å². The summed E-state index contributed by atoms with van der Waals surface area (Å²) < 4.78 is 0. The first-order chi connectivity index (χ1) is 8.73. The quantitative estimate of drug-likeness (QED) is 0.851. The Kier molecular flexibility index (Phi) is 4.53. The fourth-order valence-corrected chi connectivity index (χ4v) is 2.44. The van der Waals surface area contributed by atoms with Gasteiger partial charge in [0.2, 0.25) is 0 Å². The zero-order valence-corrected chi connectivity index (χ0v) is 11.6. The van der Waals surface area contributed by atoms with Gasteiger partial charge < -0.3 is 15.1 Å². The largest absolute Gasteiger partial charge is 0.481 e. The van der Waals surface area contributed by atoms with Crippen LogP contribution in [0.1, 0.15) is 23.1 Å². The van der Waals surface area contributed by atoms with Gasteiger partial charge in [0.05, 0.1) is 6.42 Å². The number of nitrogens with zero attached hydrogens (tertiary/aromatic N) is 1. The van der Waals surface area contributed by atoms with Crippen LogP contribution in [0.15, 0.2) is 12.1 Å². The van der Waals surface area contributed by atoms with Crippen LogP contribution in [0.25, 0.3) is 0 Å². The first-order valence-corrected chi connectivity index (χ1v) is 5.99. The SMILES string of the molecule is Cc1cc(C)c(N(C)C(CC(=O)O)C(=O)O)c(C)c1. The van der Waals surface area contributed by atoms with Crippen molar-refractivity contribution < 1.29 is 19.8 Å². The minimum Gasteiger partial charge on any atom is -0.481 e. The number of rotatable bonds is 5. The third-order valence-electron chi connectivity index (χ3n) is 3.11. The van der Waals surface area contributed by atoms with Crippen molar-refractivity contribution >= 4 is 17.6 Å². The van der Waals surface area contributed by atoms with Crippen molar-refractivity contribution in [1.82, 2.24) is 0 Å². The molecule has 0 saturated carbocycles. The van der Waals surface area contributed by atoms with Gasteiger partial charge in [-0.1, -0.05) is 17.7 Å². The number of hydrogen-bond donors (Lipinski definition) is 2. The van der Waals surface area contributed by atoms with Crippen LogP contribution in [0.5, 0.6) is 0 Å². The molecular formula is C14H19NO4. The molecule has 0 aliphatic heterocycles. The van der Waals surface area contributed by atoms with E-state index in [1.165, 1.54) is 4.90 Å². The van der Waals surface area contributed by atoms with E-state index in [1.807, 2.05) is 32.9 Å². The van der Waals surface area contributed by atoms with Crippen molar-refractivity contribution in [3.63, 3.8) is 0 Å². The van der Waals surface area contributed by atoms with Crippen LogP contribution in [-0.2, 0) is 9.59 Å². The topological polar surface area (TPSA) is 77.8 Å². The number of carboxylic acid groups (broad SMARTS) is 2. The van der Waals surface area contributed by atoms with Crippen LogP contribution in [0.4, 0.5) is 5.69 Å². The molecule has 104 valence electrons. The van der Waals surface area contributed by atoms with Gasteiger partial charge in [-0.2, -0.15) is 0 Å². The molecule has 0 aromatic heterocycles. The normalized spacial score (nSPS) is 12.0. The maximum atomic E-state index is 11.2.